The third-order valence-electron chi connectivity index (χ3n) is 3.43. The molecule has 102 valence electrons. The second kappa shape index (κ2) is 5.71. The molecule has 1 heterocycles. The Morgan fingerprint density at radius 1 is 0.857 bits per heavy atom. The molecule has 3 aromatic rings. The molecule has 0 radical (unpaired) electrons. The number of ketones is 1. The highest BCUT2D eigenvalue weighted by Gasteiger charge is 2.14. The van der Waals surface area contributed by atoms with Gasteiger partial charge in [0.2, 0.25) is 0 Å². The number of carbonyl (C=O) groups is 1. The van der Waals surface area contributed by atoms with Crippen LogP contribution < -0.4 is 0 Å². The van der Waals surface area contributed by atoms with Crippen molar-refractivity contribution >= 4 is 5.78 Å². The lowest BCUT2D eigenvalue weighted by molar-refractivity contribution is 0.103. The molecule has 0 bridgehead atoms. The Bertz CT molecular complexity index is 761. The maximum atomic E-state index is 12.7. The lowest BCUT2D eigenvalue weighted by atomic mass is 9.96. The largest absolute Gasteiger partial charge is 0.289 e. The topological polar surface area (TPSA) is 30.0 Å². The first-order chi connectivity index (χ1) is 10.3. The smallest absolute Gasteiger partial charge is 0.193 e. The van der Waals surface area contributed by atoms with E-state index in [1.807, 2.05) is 73.7 Å². The van der Waals surface area contributed by atoms with Crippen LogP contribution >= 0.6 is 0 Å². The van der Waals surface area contributed by atoms with Gasteiger partial charge in [0.05, 0.1) is 5.69 Å². The van der Waals surface area contributed by atoms with Crippen LogP contribution in [0.4, 0.5) is 0 Å². The molecule has 1 aromatic heterocycles. The fourth-order valence-electron chi connectivity index (χ4n) is 2.29. The molecule has 0 saturated heterocycles. The standard InChI is InChI=1S/C19H15NO/c1-14-9-11-15(12-10-14)19(21)17-7-3-2-6-16(17)18-8-4-5-13-20-18/h2-13H,1H3. The Kier molecular flexibility index (Phi) is 3.61. The molecule has 0 amide bonds. The molecule has 0 fully saturated rings. The Labute approximate surface area is 124 Å². The van der Waals surface area contributed by atoms with E-state index in [-0.39, 0.29) is 5.78 Å². The van der Waals surface area contributed by atoms with Crippen LogP contribution in [0, 0.1) is 6.92 Å². The summed E-state index contributed by atoms with van der Waals surface area (Å²) < 4.78 is 0. The Balaban J connectivity index is 2.07. The molecular formula is C19H15NO. The van der Waals surface area contributed by atoms with Gasteiger partial charge < -0.3 is 0 Å². The normalized spacial score (nSPS) is 10.3. The van der Waals surface area contributed by atoms with Crippen LogP contribution in [0.5, 0.6) is 0 Å². The molecule has 2 aromatic carbocycles. The van der Waals surface area contributed by atoms with Crippen molar-refractivity contribution in [3.8, 4) is 11.3 Å². The Morgan fingerprint density at radius 3 is 2.29 bits per heavy atom. The van der Waals surface area contributed by atoms with Gasteiger partial charge in [0.25, 0.3) is 0 Å². The van der Waals surface area contributed by atoms with Crippen molar-refractivity contribution in [1.29, 1.82) is 0 Å². The first-order valence-corrected chi connectivity index (χ1v) is 6.87. The highest BCUT2D eigenvalue weighted by atomic mass is 16.1. The molecule has 0 aliphatic rings. The van der Waals surface area contributed by atoms with Crippen molar-refractivity contribution in [2.45, 2.75) is 6.92 Å². The molecule has 0 N–H and O–H groups in total. The van der Waals surface area contributed by atoms with Crippen molar-refractivity contribution in [3.63, 3.8) is 0 Å². The lowest BCUT2D eigenvalue weighted by Crippen LogP contribution is -2.03. The van der Waals surface area contributed by atoms with E-state index in [0.29, 0.717) is 11.1 Å². The van der Waals surface area contributed by atoms with Crippen LogP contribution in [0.25, 0.3) is 11.3 Å². The third-order valence-corrected chi connectivity index (χ3v) is 3.43. The van der Waals surface area contributed by atoms with E-state index in [2.05, 4.69) is 4.98 Å². The summed E-state index contributed by atoms with van der Waals surface area (Å²) in [7, 11) is 0. The molecule has 0 atom stereocenters. The Morgan fingerprint density at radius 2 is 1.57 bits per heavy atom. The molecule has 0 unspecified atom stereocenters. The molecule has 0 aliphatic heterocycles. The van der Waals surface area contributed by atoms with Gasteiger partial charge in [-0.15, -0.1) is 0 Å². The number of aryl methyl sites for hydroxylation is 1. The number of hydrogen-bond donors (Lipinski definition) is 0. The number of aromatic nitrogens is 1. The second-order valence-electron chi connectivity index (χ2n) is 4.96. The number of benzene rings is 2. The maximum Gasteiger partial charge on any atom is 0.193 e. The average Bonchev–Trinajstić information content (AvgIpc) is 2.56. The van der Waals surface area contributed by atoms with Gasteiger partial charge in [0.15, 0.2) is 5.78 Å². The first-order valence-electron chi connectivity index (χ1n) is 6.87. The summed E-state index contributed by atoms with van der Waals surface area (Å²) >= 11 is 0. The summed E-state index contributed by atoms with van der Waals surface area (Å²) in [4.78, 5) is 17.1. The third kappa shape index (κ3) is 2.75. The monoisotopic (exact) mass is 273 g/mol. The summed E-state index contributed by atoms with van der Waals surface area (Å²) in [6.45, 7) is 2.01. The van der Waals surface area contributed by atoms with E-state index in [1.54, 1.807) is 6.20 Å². The van der Waals surface area contributed by atoms with E-state index in [0.717, 1.165) is 16.8 Å². The molecular weight excluding hydrogens is 258 g/mol. The molecule has 0 saturated carbocycles. The van der Waals surface area contributed by atoms with E-state index in [9.17, 15) is 4.79 Å². The van der Waals surface area contributed by atoms with Crippen LogP contribution in [0.3, 0.4) is 0 Å². The van der Waals surface area contributed by atoms with Crippen LogP contribution in [0.2, 0.25) is 0 Å². The zero-order chi connectivity index (χ0) is 14.7. The van der Waals surface area contributed by atoms with Crippen molar-refractivity contribution < 1.29 is 4.79 Å². The molecule has 2 heteroatoms. The van der Waals surface area contributed by atoms with Crippen LogP contribution in [0.15, 0.2) is 72.9 Å². The molecule has 3 rings (SSSR count). The zero-order valence-corrected chi connectivity index (χ0v) is 11.8. The molecule has 0 aliphatic carbocycles. The van der Waals surface area contributed by atoms with Crippen LogP contribution in [0.1, 0.15) is 21.5 Å². The van der Waals surface area contributed by atoms with Crippen LogP contribution in [-0.2, 0) is 0 Å². The Hall–Kier alpha value is -2.74. The number of nitrogens with zero attached hydrogens (tertiary/aromatic N) is 1. The second-order valence-corrected chi connectivity index (χ2v) is 4.96. The minimum atomic E-state index is 0.0243. The minimum Gasteiger partial charge on any atom is -0.289 e. The zero-order valence-electron chi connectivity index (χ0n) is 11.8. The highest BCUT2D eigenvalue weighted by molar-refractivity contribution is 6.12. The van der Waals surface area contributed by atoms with Gasteiger partial charge in [0.1, 0.15) is 0 Å². The van der Waals surface area contributed by atoms with Gasteiger partial charge in [0, 0.05) is 22.9 Å². The highest BCUT2D eigenvalue weighted by Crippen LogP contribution is 2.24. The van der Waals surface area contributed by atoms with Gasteiger partial charge in [-0.3, -0.25) is 9.78 Å². The minimum absolute atomic E-state index is 0.0243. The van der Waals surface area contributed by atoms with E-state index >= 15 is 0 Å². The molecule has 21 heavy (non-hydrogen) atoms. The fourth-order valence-corrected chi connectivity index (χ4v) is 2.29. The number of hydrogen-bond acceptors (Lipinski definition) is 2. The number of pyridine rings is 1. The average molecular weight is 273 g/mol. The predicted octanol–water partition coefficient (Wildman–Crippen LogP) is 4.29. The van der Waals surface area contributed by atoms with E-state index in [1.165, 1.54) is 0 Å². The summed E-state index contributed by atoms with van der Waals surface area (Å²) in [5.41, 5.74) is 4.20. The van der Waals surface area contributed by atoms with Crippen molar-refractivity contribution in [1.82, 2.24) is 4.98 Å². The van der Waals surface area contributed by atoms with E-state index in [4.69, 9.17) is 0 Å². The summed E-state index contributed by atoms with van der Waals surface area (Å²) in [5.74, 6) is 0.0243. The van der Waals surface area contributed by atoms with Gasteiger partial charge in [-0.05, 0) is 19.1 Å². The van der Waals surface area contributed by atoms with Gasteiger partial charge in [-0.1, -0.05) is 60.2 Å². The van der Waals surface area contributed by atoms with Crippen molar-refractivity contribution in [2.24, 2.45) is 0 Å². The molecule has 2 nitrogen and oxygen atoms in total. The SMILES string of the molecule is Cc1ccc(C(=O)c2ccccc2-c2ccccn2)cc1. The fraction of sp³-hybridized carbons (Fsp3) is 0.0526. The van der Waals surface area contributed by atoms with Crippen molar-refractivity contribution in [3.05, 3.63) is 89.6 Å². The lowest BCUT2D eigenvalue weighted by Gasteiger charge is -2.08. The van der Waals surface area contributed by atoms with Crippen LogP contribution in [-0.4, -0.2) is 10.8 Å². The maximum absolute atomic E-state index is 12.7. The quantitative estimate of drug-likeness (QED) is 0.666. The predicted molar refractivity (Wildman–Crippen MR) is 84.3 cm³/mol. The summed E-state index contributed by atoms with van der Waals surface area (Å²) in [6, 6.07) is 21.0. The van der Waals surface area contributed by atoms with E-state index < -0.39 is 0 Å². The summed E-state index contributed by atoms with van der Waals surface area (Å²) in [5, 5.41) is 0. The first kappa shape index (κ1) is 13.3. The number of rotatable bonds is 3. The molecule has 0 spiro atoms. The van der Waals surface area contributed by atoms with Crippen molar-refractivity contribution in [2.75, 3.05) is 0 Å². The van der Waals surface area contributed by atoms with Gasteiger partial charge in [-0.2, -0.15) is 0 Å². The number of carbonyl (C=O) groups excluding carboxylic acids is 1. The van der Waals surface area contributed by atoms with Gasteiger partial charge >= 0.3 is 0 Å². The summed E-state index contributed by atoms with van der Waals surface area (Å²) in [6.07, 6.45) is 1.74. The van der Waals surface area contributed by atoms with Gasteiger partial charge in [-0.25, -0.2) is 0 Å².